The lowest BCUT2D eigenvalue weighted by Crippen LogP contribution is -2.27. The van der Waals surface area contributed by atoms with Crippen molar-refractivity contribution in [3.63, 3.8) is 0 Å². The van der Waals surface area contributed by atoms with Crippen molar-refractivity contribution in [2.45, 2.75) is 12.7 Å². The lowest BCUT2D eigenvalue weighted by atomic mass is 10.3. The minimum atomic E-state index is -4.84. The summed E-state index contributed by atoms with van der Waals surface area (Å²) in [6.07, 6.45) is -5.09. The van der Waals surface area contributed by atoms with E-state index in [1.807, 2.05) is 0 Å². The third-order valence-electron chi connectivity index (χ3n) is 3.27. The summed E-state index contributed by atoms with van der Waals surface area (Å²) in [6, 6.07) is 7.83. The number of rotatable bonds is 4. The Bertz CT molecular complexity index is 889. The number of hydrogen-bond acceptors (Lipinski definition) is 4. The number of halogens is 4. The quantitative estimate of drug-likeness (QED) is 0.678. The van der Waals surface area contributed by atoms with E-state index in [9.17, 15) is 22.4 Å². The molecule has 2 heterocycles. The van der Waals surface area contributed by atoms with E-state index in [4.69, 9.17) is 4.74 Å². The average Bonchev–Trinajstić information content (AvgIpc) is 3.22. The molecular weight excluding hydrogens is 374 g/mol. The fourth-order valence-corrected chi connectivity index (χ4v) is 2.80. The second-order valence-electron chi connectivity index (χ2n) is 5.07. The maximum atomic E-state index is 13.4. The molecule has 0 unspecified atom stereocenters. The largest absolute Gasteiger partial charge is 0.437 e. The molecule has 10 heteroatoms. The lowest BCUT2D eigenvalue weighted by Gasteiger charge is -2.12. The molecule has 0 fully saturated rings. The number of amides is 1. The van der Waals surface area contributed by atoms with Gasteiger partial charge < -0.3 is 10.1 Å². The van der Waals surface area contributed by atoms with E-state index >= 15 is 0 Å². The van der Waals surface area contributed by atoms with Gasteiger partial charge in [-0.15, -0.1) is 11.3 Å². The van der Waals surface area contributed by atoms with Crippen molar-refractivity contribution in [1.82, 2.24) is 15.1 Å². The molecule has 136 valence electrons. The van der Waals surface area contributed by atoms with Gasteiger partial charge in [0.15, 0.2) is 11.4 Å². The Kier molecular flexibility index (Phi) is 4.94. The van der Waals surface area contributed by atoms with E-state index in [0.29, 0.717) is 4.68 Å². The monoisotopic (exact) mass is 385 g/mol. The number of thiophene rings is 1. The standard InChI is InChI=1S/C16H11F4N3O2S/c17-10-3-5-11(6-4-10)23-14(16(18,19)20)13(9-22-23)25-15(24)21-8-12-2-1-7-26-12/h1-7,9H,8H2,(H,21,24). The van der Waals surface area contributed by atoms with Crippen LogP contribution in [0.2, 0.25) is 0 Å². The molecular formula is C16H11F4N3O2S. The summed E-state index contributed by atoms with van der Waals surface area (Å²) in [7, 11) is 0. The number of aromatic nitrogens is 2. The Labute approximate surface area is 148 Å². The molecule has 5 nitrogen and oxygen atoms in total. The Hall–Kier alpha value is -2.88. The lowest BCUT2D eigenvalue weighted by molar-refractivity contribution is -0.143. The van der Waals surface area contributed by atoms with E-state index in [-0.39, 0.29) is 12.2 Å². The molecule has 2 aromatic heterocycles. The average molecular weight is 385 g/mol. The van der Waals surface area contributed by atoms with Gasteiger partial charge in [0, 0.05) is 4.88 Å². The highest BCUT2D eigenvalue weighted by Gasteiger charge is 2.40. The molecule has 26 heavy (non-hydrogen) atoms. The van der Waals surface area contributed by atoms with Crippen molar-refractivity contribution in [3.8, 4) is 11.4 Å². The predicted molar refractivity (Wildman–Crippen MR) is 85.7 cm³/mol. The highest BCUT2D eigenvalue weighted by molar-refractivity contribution is 7.09. The number of benzene rings is 1. The normalized spacial score (nSPS) is 11.4. The third-order valence-corrected chi connectivity index (χ3v) is 4.14. The number of carbonyl (C=O) groups excluding carboxylic acids is 1. The van der Waals surface area contributed by atoms with Gasteiger partial charge in [0.2, 0.25) is 0 Å². The molecule has 0 aliphatic heterocycles. The second kappa shape index (κ2) is 7.16. The first-order valence-electron chi connectivity index (χ1n) is 7.24. The number of alkyl halides is 3. The van der Waals surface area contributed by atoms with Crippen molar-refractivity contribution < 1.29 is 27.1 Å². The fourth-order valence-electron chi connectivity index (χ4n) is 2.15. The Morgan fingerprint density at radius 1 is 1.23 bits per heavy atom. The molecule has 3 aromatic rings. The Morgan fingerprint density at radius 3 is 2.58 bits per heavy atom. The van der Waals surface area contributed by atoms with Crippen LogP contribution >= 0.6 is 11.3 Å². The van der Waals surface area contributed by atoms with Gasteiger partial charge in [-0.05, 0) is 35.7 Å². The van der Waals surface area contributed by atoms with E-state index in [1.54, 1.807) is 17.5 Å². The SMILES string of the molecule is O=C(NCc1cccs1)Oc1cnn(-c2ccc(F)cc2)c1C(F)(F)F. The summed E-state index contributed by atoms with van der Waals surface area (Å²) in [5.41, 5.74) is -1.29. The fraction of sp³-hybridized carbons (Fsp3) is 0.125. The molecule has 1 aromatic carbocycles. The number of nitrogens with zero attached hydrogens (tertiary/aromatic N) is 2. The van der Waals surface area contributed by atoms with Crippen molar-refractivity contribution in [3.05, 3.63) is 64.4 Å². The molecule has 0 saturated carbocycles. The summed E-state index contributed by atoms with van der Waals surface area (Å²) >= 11 is 1.38. The first kappa shape index (κ1) is 17.9. The van der Waals surface area contributed by atoms with Gasteiger partial charge in [0.25, 0.3) is 0 Å². The van der Waals surface area contributed by atoms with Crippen LogP contribution in [0.25, 0.3) is 5.69 Å². The van der Waals surface area contributed by atoms with Gasteiger partial charge in [-0.25, -0.2) is 13.9 Å². The summed E-state index contributed by atoms with van der Waals surface area (Å²) < 4.78 is 58.6. The molecule has 0 atom stereocenters. The Balaban J connectivity index is 1.83. The molecule has 0 saturated heterocycles. The maximum Gasteiger partial charge on any atom is 0.437 e. The van der Waals surface area contributed by atoms with Crippen molar-refractivity contribution in [1.29, 1.82) is 0 Å². The molecule has 0 bridgehead atoms. The first-order valence-corrected chi connectivity index (χ1v) is 8.12. The zero-order valence-electron chi connectivity index (χ0n) is 13.0. The molecule has 0 aliphatic rings. The zero-order valence-corrected chi connectivity index (χ0v) is 13.8. The number of carbonyl (C=O) groups is 1. The molecule has 3 rings (SSSR count). The highest BCUT2D eigenvalue weighted by atomic mass is 32.1. The minimum Gasteiger partial charge on any atom is -0.406 e. The van der Waals surface area contributed by atoms with Gasteiger partial charge in [0.1, 0.15) is 5.82 Å². The summed E-state index contributed by atoms with van der Waals surface area (Å²) in [4.78, 5) is 12.6. The molecule has 0 aliphatic carbocycles. The third kappa shape index (κ3) is 4.02. The van der Waals surface area contributed by atoms with Gasteiger partial charge in [-0.2, -0.15) is 18.3 Å². The topological polar surface area (TPSA) is 56.1 Å². The summed E-state index contributed by atoms with van der Waals surface area (Å²) in [5, 5.41) is 7.78. The number of ether oxygens (including phenoxy) is 1. The van der Waals surface area contributed by atoms with Gasteiger partial charge >= 0.3 is 12.3 Å². The van der Waals surface area contributed by atoms with Crippen molar-refractivity contribution in [2.75, 3.05) is 0 Å². The van der Waals surface area contributed by atoms with Crippen LogP contribution in [0, 0.1) is 5.82 Å². The van der Waals surface area contributed by atoms with E-state index < -0.39 is 29.5 Å². The molecule has 0 spiro atoms. The van der Waals surface area contributed by atoms with E-state index in [2.05, 4.69) is 10.4 Å². The molecule has 0 radical (unpaired) electrons. The number of nitrogens with one attached hydrogen (secondary N) is 1. The molecule has 1 N–H and O–H groups in total. The predicted octanol–water partition coefficient (Wildman–Crippen LogP) is 4.38. The minimum absolute atomic E-state index is 0.0208. The maximum absolute atomic E-state index is 13.4. The van der Waals surface area contributed by atoms with Crippen LogP contribution in [0.15, 0.2) is 48.0 Å². The van der Waals surface area contributed by atoms with E-state index in [0.717, 1.165) is 35.3 Å². The highest BCUT2D eigenvalue weighted by Crippen LogP contribution is 2.37. The zero-order chi connectivity index (χ0) is 18.7. The van der Waals surface area contributed by atoms with Crippen LogP contribution in [0.5, 0.6) is 5.75 Å². The first-order chi connectivity index (χ1) is 12.3. The Morgan fingerprint density at radius 2 is 1.96 bits per heavy atom. The smallest absolute Gasteiger partial charge is 0.406 e. The van der Waals surface area contributed by atoms with Gasteiger partial charge in [-0.3, -0.25) is 0 Å². The van der Waals surface area contributed by atoms with Crippen LogP contribution in [0.4, 0.5) is 22.4 Å². The second-order valence-corrected chi connectivity index (χ2v) is 6.10. The van der Waals surface area contributed by atoms with Crippen LogP contribution < -0.4 is 10.1 Å². The van der Waals surface area contributed by atoms with Crippen LogP contribution in [-0.4, -0.2) is 15.9 Å². The number of hydrogen-bond donors (Lipinski definition) is 1. The van der Waals surface area contributed by atoms with E-state index in [1.165, 1.54) is 11.3 Å². The van der Waals surface area contributed by atoms with Crippen LogP contribution in [-0.2, 0) is 12.7 Å². The van der Waals surface area contributed by atoms with Crippen LogP contribution in [0.3, 0.4) is 0 Å². The summed E-state index contributed by atoms with van der Waals surface area (Å²) in [5.74, 6) is -1.34. The molecule has 1 amide bonds. The van der Waals surface area contributed by atoms with Gasteiger partial charge in [-0.1, -0.05) is 6.07 Å². The van der Waals surface area contributed by atoms with Crippen molar-refractivity contribution in [2.24, 2.45) is 0 Å². The van der Waals surface area contributed by atoms with Crippen molar-refractivity contribution >= 4 is 17.4 Å². The summed E-state index contributed by atoms with van der Waals surface area (Å²) in [6.45, 7) is 0.129. The van der Waals surface area contributed by atoms with Crippen LogP contribution in [0.1, 0.15) is 10.6 Å². The van der Waals surface area contributed by atoms with Gasteiger partial charge in [0.05, 0.1) is 18.4 Å².